The van der Waals surface area contributed by atoms with Gasteiger partial charge < -0.3 is 10.1 Å². The molecule has 0 saturated carbocycles. The first-order valence-corrected chi connectivity index (χ1v) is 7.89. The van der Waals surface area contributed by atoms with Crippen molar-refractivity contribution in [3.63, 3.8) is 0 Å². The summed E-state index contributed by atoms with van der Waals surface area (Å²) in [7, 11) is 0. The Bertz CT molecular complexity index is 529. The minimum Gasteiger partial charge on any atom is -0.493 e. The number of rotatable bonds is 5. The molecule has 1 saturated heterocycles. The Morgan fingerprint density at radius 1 is 0.905 bits per heavy atom. The standard InChI is InChI=1S/C19H23NO/c1-2-4-16(5-3-1)12-15-21-19-8-6-17(7-9-19)18-10-13-20-14-11-18/h1-9,18,20H,10-15H2. The normalized spacial score (nSPS) is 15.8. The monoisotopic (exact) mass is 281 g/mol. The predicted octanol–water partition coefficient (Wildman–Crippen LogP) is 3.78. The van der Waals surface area contributed by atoms with E-state index in [0.717, 1.165) is 31.9 Å². The summed E-state index contributed by atoms with van der Waals surface area (Å²) in [5, 5.41) is 3.41. The van der Waals surface area contributed by atoms with Gasteiger partial charge in [-0.2, -0.15) is 0 Å². The molecule has 0 bridgehead atoms. The summed E-state index contributed by atoms with van der Waals surface area (Å²) in [6.07, 6.45) is 3.44. The lowest BCUT2D eigenvalue weighted by Crippen LogP contribution is -2.26. The van der Waals surface area contributed by atoms with Crippen LogP contribution in [0.4, 0.5) is 0 Å². The lowest BCUT2D eigenvalue weighted by molar-refractivity contribution is 0.321. The van der Waals surface area contributed by atoms with E-state index in [-0.39, 0.29) is 0 Å². The SMILES string of the molecule is c1ccc(CCOc2ccc(C3CCNCC3)cc2)cc1. The highest BCUT2D eigenvalue weighted by Gasteiger charge is 2.14. The molecule has 1 aliphatic heterocycles. The van der Waals surface area contributed by atoms with Crippen molar-refractivity contribution in [2.45, 2.75) is 25.2 Å². The molecule has 2 aromatic carbocycles. The molecule has 0 atom stereocenters. The van der Waals surface area contributed by atoms with Gasteiger partial charge in [-0.05, 0) is 55.1 Å². The zero-order valence-electron chi connectivity index (χ0n) is 12.4. The zero-order chi connectivity index (χ0) is 14.3. The number of hydrogen-bond donors (Lipinski definition) is 1. The molecule has 1 N–H and O–H groups in total. The molecule has 0 unspecified atom stereocenters. The maximum atomic E-state index is 5.84. The van der Waals surface area contributed by atoms with Gasteiger partial charge in [0.15, 0.2) is 0 Å². The van der Waals surface area contributed by atoms with E-state index in [1.165, 1.54) is 24.0 Å². The van der Waals surface area contributed by atoms with Crippen molar-refractivity contribution in [1.29, 1.82) is 0 Å². The van der Waals surface area contributed by atoms with Crippen LogP contribution < -0.4 is 10.1 Å². The molecule has 0 aromatic heterocycles. The zero-order valence-corrected chi connectivity index (χ0v) is 12.4. The average molecular weight is 281 g/mol. The van der Waals surface area contributed by atoms with Crippen molar-refractivity contribution < 1.29 is 4.74 Å². The van der Waals surface area contributed by atoms with Crippen LogP contribution in [0.25, 0.3) is 0 Å². The van der Waals surface area contributed by atoms with E-state index in [0.29, 0.717) is 5.92 Å². The van der Waals surface area contributed by atoms with Gasteiger partial charge in [-0.15, -0.1) is 0 Å². The van der Waals surface area contributed by atoms with Gasteiger partial charge in [0.05, 0.1) is 6.61 Å². The van der Waals surface area contributed by atoms with Crippen molar-refractivity contribution in [3.05, 3.63) is 65.7 Å². The third kappa shape index (κ3) is 4.08. The second-order valence-electron chi connectivity index (χ2n) is 5.68. The van der Waals surface area contributed by atoms with Crippen molar-refractivity contribution in [3.8, 4) is 5.75 Å². The summed E-state index contributed by atoms with van der Waals surface area (Å²) in [4.78, 5) is 0. The van der Waals surface area contributed by atoms with Crippen molar-refractivity contribution in [1.82, 2.24) is 5.32 Å². The van der Waals surface area contributed by atoms with Crippen LogP contribution in [0, 0.1) is 0 Å². The Morgan fingerprint density at radius 3 is 2.33 bits per heavy atom. The number of ether oxygens (including phenoxy) is 1. The summed E-state index contributed by atoms with van der Waals surface area (Å²) >= 11 is 0. The highest BCUT2D eigenvalue weighted by atomic mass is 16.5. The molecule has 1 aliphatic rings. The van der Waals surface area contributed by atoms with Gasteiger partial charge in [0.1, 0.15) is 5.75 Å². The van der Waals surface area contributed by atoms with E-state index in [1.54, 1.807) is 0 Å². The smallest absolute Gasteiger partial charge is 0.119 e. The number of nitrogens with one attached hydrogen (secondary N) is 1. The second-order valence-corrected chi connectivity index (χ2v) is 5.68. The molecule has 1 fully saturated rings. The van der Waals surface area contributed by atoms with Gasteiger partial charge >= 0.3 is 0 Å². The van der Waals surface area contributed by atoms with Crippen LogP contribution >= 0.6 is 0 Å². The van der Waals surface area contributed by atoms with Crippen LogP contribution in [0.15, 0.2) is 54.6 Å². The fraction of sp³-hybridized carbons (Fsp3) is 0.368. The summed E-state index contributed by atoms with van der Waals surface area (Å²) in [5.41, 5.74) is 2.77. The quantitative estimate of drug-likeness (QED) is 0.900. The van der Waals surface area contributed by atoms with E-state index in [2.05, 4.69) is 53.8 Å². The summed E-state index contributed by atoms with van der Waals surface area (Å²) in [6.45, 7) is 3.01. The average Bonchev–Trinajstić information content (AvgIpc) is 2.57. The minimum absolute atomic E-state index is 0.713. The molecule has 2 heteroatoms. The Kier molecular flexibility index (Phi) is 4.90. The maximum Gasteiger partial charge on any atom is 0.119 e. The van der Waals surface area contributed by atoms with E-state index in [1.807, 2.05) is 6.07 Å². The van der Waals surface area contributed by atoms with Crippen molar-refractivity contribution in [2.75, 3.05) is 19.7 Å². The van der Waals surface area contributed by atoms with Gasteiger partial charge in [0.25, 0.3) is 0 Å². The number of hydrogen-bond acceptors (Lipinski definition) is 2. The van der Waals surface area contributed by atoms with E-state index in [9.17, 15) is 0 Å². The van der Waals surface area contributed by atoms with Gasteiger partial charge in [-0.3, -0.25) is 0 Å². The Balaban J connectivity index is 1.50. The third-order valence-corrected chi connectivity index (χ3v) is 4.19. The summed E-state index contributed by atoms with van der Waals surface area (Å²) < 4.78 is 5.84. The summed E-state index contributed by atoms with van der Waals surface area (Å²) in [5.74, 6) is 1.69. The van der Waals surface area contributed by atoms with Crippen molar-refractivity contribution in [2.24, 2.45) is 0 Å². The first kappa shape index (κ1) is 14.2. The first-order valence-electron chi connectivity index (χ1n) is 7.89. The van der Waals surface area contributed by atoms with Gasteiger partial charge in [0, 0.05) is 6.42 Å². The van der Waals surface area contributed by atoms with Crippen LogP contribution in [0.1, 0.15) is 29.9 Å². The highest BCUT2D eigenvalue weighted by molar-refractivity contribution is 5.30. The first-order chi connectivity index (χ1) is 10.4. The second kappa shape index (κ2) is 7.28. The largest absolute Gasteiger partial charge is 0.493 e. The molecule has 110 valence electrons. The Hall–Kier alpha value is -1.80. The minimum atomic E-state index is 0.713. The third-order valence-electron chi connectivity index (χ3n) is 4.19. The predicted molar refractivity (Wildman–Crippen MR) is 86.9 cm³/mol. The Labute approximate surface area is 127 Å². The van der Waals surface area contributed by atoms with Gasteiger partial charge in [-0.25, -0.2) is 0 Å². The number of benzene rings is 2. The Morgan fingerprint density at radius 2 is 1.62 bits per heavy atom. The highest BCUT2D eigenvalue weighted by Crippen LogP contribution is 2.26. The molecule has 2 aromatic rings. The maximum absolute atomic E-state index is 5.84. The fourth-order valence-electron chi connectivity index (χ4n) is 2.92. The molecule has 21 heavy (non-hydrogen) atoms. The van der Waals surface area contributed by atoms with Crippen molar-refractivity contribution >= 4 is 0 Å². The van der Waals surface area contributed by atoms with E-state index >= 15 is 0 Å². The molecular formula is C19H23NO. The van der Waals surface area contributed by atoms with Crippen LogP contribution in [0.3, 0.4) is 0 Å². The molecule has 2 nitrogen and oxygen atoms in total. The topological polar surface area (TPSA) is 21.3 Å². The molecule has 0 amide bonds. The number of piperidine rings is 1. The molecular weight excluding hydrogens is 258 g/mol. The van der Waals surface area contributed by atoms with Crippen LogP contribution in [-0.4, -0.2) is 19.7 Å². The lowest BCUT2D eigenvalue weighted by atomic mass is 9.90. The van der Waals surface area contributed by atoms with Gasteiger partial charge in [0.2, 0.25) is 0 Å². The van der Waals surface area contributed by atoms with Crippen LogP contribution in [0.5, 0.6) is 5.75 Å². The molecule has 1 heterocycles. The molecule has 0 aliphatic carbocycles. The molecule has 3 rings (SSSR count). The van der Waals surface area contributed by atoms with E-state index in [4.69, 9.17) is 4.74 Å². The summed E-state index contributed by atoms with van der Waals surface area (Å²) in [6, 6.07) is 19.2. The molecule has 0 spiro atoms. The van der Waals surface area contributed by atoms with Crippen LogP contribution in [-0.2, 0) is 6.42 Å². The molecule has 0 radical (unpaired) electrons. The lowest BCUT2D eigenvalue weighted by Gasteiger charge is -2.23. The fourth-order valence-corrected chi connectivity index (χ4v) is 2.92. The van der Waals surface area contributed by atoms with Crippen LogP contribution in [0.2, 0.25) is 0 Å². The van der Waals surface area contributed by atoms with E-state index < -0.39 is 0 Å². The van der Waals surface area contributed by atoms with Gasteiger partial charge in [-0.1, -0.05) is 42.5 Å².